The Morgan fingerprint density at radius 1 is 1.15 bits per heavy atom. The van der Waals surface area contributed by atoms with Gasteiger partial charge in [-0.1, -0.05) is 25.4 Å². The minimum Gasteiger partial charge on any atom is -0.496 e. The first-order valence-electron chi connectivity index (χ1n) is 7.95. The molecule has 0 spiro atoms. The Bertz CT molecular complexity index is 957. The highest BCUT2D eigenvalue weighted by molar-refractivity contribution is 7.92. The molecule has 2 aromatic carbocycles. The highest BCUT2D eigenvalue weighted by Gasteiger charge is 2.33. The fourth-order valence-electron chi connectivity index (χ4n) is 2.61. The van der Waals surface area contributed by atoms with E-state index in [9.17, 15) is 21.6 Å². The van der Waals surface area contributed by atoms with Gasteiger partial charge in [-0.05, 0) is 54.3 Å². The average Bonchev–Trinajstić information content (AvgIpc) is 2.54. The third-order valence-electron chi connectivity index (χ3n) is 3.96. The number of hydrogen-bond donors (Lipinski definition) is 1. The van der Waals surface area contributed by atoms with Crippen molar-refractivity contribution in [1.29, 1.82) is 0 Å². The number of aryl methyl sites for hydroxylation is 1. The Hall–Kier alpha value is -1.93. The fourth-order valence-corrected chi connectivity index (χ4v) is 4.15. The van der Waals surface area contributed by atoms with E-state index >= 15 is 0 Å². The molecule has 148 valence electrons. The van der Waals surface area contributed by atoms with Crippen molar-refractivity contribution in [1.82, 2.24) is 0 Å². The highest BCUT2D eigenvalue weighted by Crippen LogP contribution is 2.37. The fraction of sp³-hybridized carbons (Fsp3) is 0.333. The number of halogens is 4. The lowest BCUT2D eigenvalue weighted by molar-refractivity contribution is -0.137. The molecule has 2 aromatic rings. The molecule has 1 N–H and O–H groups in total. The maximum atomic E-state index is 13.0. The van der Waals surface area contributed by atoms with Gasteiger partial charge in [0.15, 0.2) is 0 Å². The van der Waals surface area contributed by atoms with Crippen molar-refractivity contribution in [2.45, 2.75) is 37.8 Å². The van der Waals surface area contributed by atoms with Gasteiger partial charge in [-0.25, -0.2) is 8.42 Å². The lowest BCUT2D eigenvalue weighted by Gasteiger charge is -2.17. The summed E-state index contributed by atoms with van der Waals surface area (Å²) in [7, 11) is -2.63. The van der Waals surface area contributed by atoms with E-state index in [1.807, 2.05) is 13.8 Å². The second-order valence-electron chi connectivity index (χ2n) is 6.31. The molecule has 0 unspecified atom stereocenters. The van der Waals surface area contributed by atoms with Crippen LogP contribution >= 0.6 is 11.6 Å². The smallest absolute Gasteiger partial charge is 0.417 e. The first kappa shape index (κ1) is 21.4. The van der Waals surface area contributed by atoms with Crippen molar-refractivity contribution in [3.8, 4) is 5.75 Å². The number of methoxy groups -OCH3 is 1. The van der Waals surface area contributed by atoms with Gasteiger partial charge in [-0.2, -0.15) is 13.2 Å². The lowest BCUT2D eigenvalue weighted by Crippen LogP contribution is -2.16. The third kappa shape index (κ3) is 4.68. The zero-order valence-electron chi connectivity index (χ0n) is 15.1. The molecule has 27 heavy (non-hydrogen) atoms. The van der Waals surface area contributed by atoms with Gasteiger partial charge in [-0.15, -0.1) is 0 Å². The van der Waals surface area contributed by atoms with Crippen LogP contribution in [0.25, 0.3) is 0 Å². The molecule has 0 fully saturated rings. The largest absolute Gasteiger partial charge is 0.496 e. The van der Waals surface area contributed by atoms with E-state index in [-0.39, 0.29) is 16.5 Å². The van der Waals surface area contributed by atoms with E-state index in [0.717, 1.165) is 6.07 Å². The van der Waals surface area contributed by atoms with Gasteiger partial charge >= 0.3 is 6.18 Å². The number of ether oxygens (including phenoxy) is 1. The molecule has 0 aliphatic rings. The van der Waals surface area contributed by atoms with Crippen LogP contribution in [0.1, 0.15) is 36.5 Å². The minimum absolute atomic E-state index is 0.0122. The summed E-state index contributed by atoms with van der Waals surface area (Å²) in [6.07, 6.45) is -4.70. The number of anilines is 1. The second kappa shape index (κ2) is 7.59. The molecule has 0 heterocycles. The normalized spacial score (nSPS) is 12.3. The summed E-state index contributed by atoms with van der Waals surface area (Å²) in [5.41, 5.74) is -0.254. The van der Waals surface area contributed by atoms with Gasteiger partial charge in [-0.3, -0.25) is 4.72 Å². The average molecular weight is 422 g/mol. The van der Waals surface area contributed by atoms with E-state index in [0.29, 0.717) is 22.9 Å². The zero-order valence-corrected chi connectivity index (χ0v) is 16.7. The van der Waals surface area contributed by atoms with Crippen LogP contribution in [-0.4, -0.2) is 15.5 Å². The van der Waals surface area contributed by atoms with Crippen LogP contribution in [0.3, 0.4) is 0 Å². The molecule has 0 aliphatic carbocycles. The summed E-state index contributed by atoms with van der Waals surface area (Å²) in [4.78, 5) is -0.0319. The van der Waals surface area contributed by atoms with Crippen LogP contribution in [0, 0.1) is 6.92 Å². The number of hydrogen-bond acceptors (Lipinski definition) is 3. The Labute approximate surface area is 161 Å². The van der Waals surface area contributed by atoms with Gasteiger partial charge in [0, 0.05) is 5.69 Å². The number of rotatable bonds is 5. The Balaban J connectivity index is 2.50. The van der Waals surface area contributed by atoms with Crippen LogP contribution in [0.2, 0.25) is 5.02 Å². The lowest BCUT2D eigenvalue weighted by atomic mass is 10.0. The maximum Gasteiger partial charge on any atom is 0.417 e. The van der Waals surface area contributed by atoms with E-state index in [1.165, 1.54) is 19.2 Å². The molecular weight excluding hydrogens is 403 g/mol. The molecule has 0 saturated heterocycles. The first-order valence-corrected chi connectivity index (χ1v) is 9.81. The molecule has 0 bridgehead atoms. The van der Waals surface area contributed by atoms with Crippen LogP contribution in [-0.2, 0) is 16.2 Å². The summed E-state index contributed by atoms with van der Waals surface area (Å²) in [5, 5.41) is -0.506. The third-order valence-corrected chi connectivity index (χ3v) is 5.82. The second-order valence-corrected chi connectivity index (χ2v) is 8.37. The van der Waals surface area contributed by atoms with Crippen molar-refractivity contribution in [3.05, 3.63) is 52.0 Å². The molecule has 9 heteroatoms. The predicted octanol–water partition coefficient (Wildman–Crippen LogP) is 5.60. The maximum absolute atomic E-state index is 13.0. The Kier molecular flexibility index (Phi) is 6.01. The van der Waals surface area contributed by atoms with Crippen LogP contribution < -0.4 is 9.46 Å². The summed E-state index contributed by atoms with van der Waals surface area (Å²) in [6, 6.07) is 5.91. The summed E-state index contributed by atoms with van der Waals surface area (Å²) in [5.74, 6) is 0.536. The highest BCUT2D eigenvalue weighted by atomic mass is 35.5. The SMILES string of the molecule is COc1cc(C)c(S(=O)(=O)Nc2ccc(Cl)c(C(F)(F)F)c2)cc1C(C)C. The topological polar surface area (TPSA) is 55.4 Å². The van der Waals surface area contributed by atoms with E-state index < -0.39 is 26.8 Å². The minimum atomic E-state index is -4.70. The number of sulfonamides is 1. The number of alkyl halides is 3. The Morgan fingerprint density at radius 2 is 1.78 bits per heavy atom. The zero-order chi connectivity index (χ0) is 20.6. The van der Waals surface area contributed by atoms with Crippen LogP contribution in [0.5, 0.6) is 5.75 Å². The van der Waals surface area contributed by atoms with Crippen molar-refractivity contribution in [2.75, 3.05) is 11.8 Å². The van der Waals surface area contributed by atoms with Gasteiger partial charge in [0.25, 0.3) is 10.0 Å². The summed E-state index contributed by atoms with van der Waals surface area (Å²) >= 11 is 5.57. The summed E-state index contributed by atoms with van der Waals surface area (Å²) in [6.45, 7) is 5.35. The number of nitrogens with one attached hydrogen (secondary N) is 1. The van der Waals surface area contributed by atoms with E-state index in [2.05, 4.69) is 4.72 Å². The van der Waals surface area contributed by atoms with Crippen molar-refractivity contribution in [3.63, 3.8) is 0 Å². The molecular formula is C18H19ClF3NO3S. The van der Waals surface area contributed by atoms with Gasteiger partial charge in [0.05, 0.1) is 22.6 Å². The summed E-state index contributed by atoms with van der Waals surface area (Å²) < 4.78 is 72.0. The quantitative estimate of drug-likeness (QED) is 0.683. The molecule has 0 atom stereocenters. The van der Waals surface area contributed by atoms with Crippen LogP contribution in [0.4, 0.5) is 18.9 Å². The molecule has 0 saturated carbocycles. The van der Waals surface area contributed by atoms with Gasteiger partial charge in [0.1, 0.15) is 5.75 Å². The monoisotopic (exact) mass is 421 g/mol. The number of benzene rings is 2. The Morgan fingerprint density at radius 3 is 2.30 bits per heavy atom. The standard InChI is InChI=1S/C18H19ClF3NO3S/c1-10(2)13-9-17(11(3)7-16(13)26-4)27(24,25)23-12-5-6-15(19)14(8-12)18(20,21)22/h5-10,23H,1-4H3. The molecule has 0 aromatic heterocycles. The van der Waals surface area contributed by atoms with Crippen molar-refractivity contribution >= 4 is 27.3 Å². The van der Waals surface area contributed by atoms with E-state index in [4.69, 9.17) is 16.3 Å². The molecule has 2 rings (SSSR count). The molecule has 0 amide bonds. The van der Waals surface area contributed by atoms with E-state index in [1.54, 1.807) is 13.0 Å². The van der Waals surface area contributed by atoms with Crippen molar-refractivity contribution in [2.24, 2.45) is 0 Å². The van der Waals surface area contributed by atoms with Crippen LogP contribution in [0.15, 0.2) is 35.2 Å². The van der Waals surface area contributed by atoms with Gasteiger partial charge in [0.2, 0.25) is 0 Å². The first-order chi connectivity index (χ1) is 12.4. The molecule has 4 nitrogen and oxygen atoms in total. The molecule has 0 radical (unpaired) electrons. The van der Waals surface area contributed by atoms with Gasteiger partial charge < -0.3 is 4.74 Å². The predicted molar refractivity (Wildman–Crippen MR) is 99.1 cm³/mol. The van der Waals surface area contributed by atoms with Crippen molar-refractivity contribution < 1.29 is 26.3 Å². The molecule has 0 aliphatic heterocycles.